The quantitative estimate of drug-likeness (QED) is 0.867. The molecule has 126 valence electrons. The summed E-state index contributed by atoms with van der Waals surface area (Å²) in [6.07, 6.45) is 1.71. The molecule has 2 amide bonds. The summed E-state index contributed by atoms with van der Waals surface area (Å²) in [4.78, 5) is 27.0. The minimum Gasteiger partial charge on any atom is -0.497 e. The third kappa shape index (κ3) is 3.99. The number of thioether (sulfide) groups is 1. The predicted octanol–water partition coefficient (Wildman–Crippen LogP) is 2.52. The first-order valence-corrected chi connectivity index (χ1v) is 9.03. The molecule has 1 aliphatic rings. The zero-order chi connectivity index (χ0) is 16.8. The first-order valence-electron chi connectivity index (χ1n) is 7.98. The molecule has 1 saturated heterocycles. The number of nitrogens with one attached hydrogen (secondary N) is 1. The molecule has 0 radical (unpaired) electrons. The van der Waals surface area contributed by atoms with Gasteiger partial charge < -0.3 is 15.0 Å². The van der Waals surface area contributed by atoms with Gasteiger partial charge in [0, 0.05) is 17.9 Å². The molecule has 0 bridgehead atoms. The molecule has 1 aromatic rings. The van der Waals surface area contributed by atoms with Crippen LogP contribution in [0.5, 0.6) is 5.75 Å². The van der Waals surface area contributed by atoms with Crippen molar-refractivity contribution >= 4 is 23.6 Å². The lowest BCUT2D eigenvalue weighted by molar-refractivity contribution is -0.124. The van der Waals surface area contributed by atoms with E-state index in [1.54, 1.807) is 48.0 Å². The van der Waals surface area contributed by atoms with Crippen molar-refractivity contribution in [1.29, 1.82) is 0 Å². The largest absolute Gasteiger partial charge is 0.497 e. The van der Waals surface area contributed by atoms with Gasteiger partial charge in [-0.05, 0) is 37.1 Å². The van der Waals surface area contributed by atoms with Gasteiger partial charge in [-0.1, -0.05) is 13.8 Å². The molecule has 1 heterocycles. The summed E-state index contributed by atoms with van der Waals surface area (Å²) in [6, 6.07) is 6.63. The molecule has 23 heavy (non-hydrogen) atoms. The third-order valence-corrected chi connectivity index (χ3v) is 5.32. The maximum absolute atomic E-state index is 12.9. The van der Waals surface area contributed by atoms with Crippen LogP contribution in [0, 0.1) is 0 Å². The van der Waals surface area contributed by atoms with Gasteiger partial charge in [-0.3, -0.25) is 9.59 Å². The number of amides is 2. The van der Waals surface area contributed by atoms with Crippen LogP contribution in [0.25, 0.3) is 0 Å². The number of carbonyl (C=O) groups is 2. The monoisotopic (exact) mass is 336 g/mol. The maximum atomic E-state index is 12.9. The van der Waals surface area contributed by atoms with E-state index in [0.717, 1.165) is 12.8 Å². The summed E-state index contributed by atoms with van der Waals surface area (Å²) < 4.78 is 5.13. The standard InChI is InChI=1S/C17H24N2O3S/c1-4-10-18-16(20)14-11-23-15(5-2)19(14)17(21)12-6-8-13(22-3)9-7-12/h6-9,14-15H,4-5,10-11H2,1-3H3,(H,18,20). The van der Waals surface area contributed by atoms with Gasteiger partial charge in [-0.25, -0.2) is 0 Å². The summed E-state index contributed by atoms with van der Waals surface area (Å²) in [6.45, 7) is 4.69. The van der Waals surface area contributed by atoms with E-state index in [4.69, 9.17) is 4.74 Å². The topological polar surface area (TPSA) is 58.6 Å². The number of benzene rings is 1. The number of hydrogen-bond acceptors (Lipinski definition) is 4. The molecule has 0 saturated carbocycles. The van der Waals surface area contributed by atoms with E-state index in [1.807, 2.05) is 13.8 Å². The molecule has 1 fully saturated rings. The average molecular weight is 336 g/mol. The van der Waals surface area contributed by atoms with Crippen LogP contribution in [-0.2, 0) is 4.79 Å². The summed E-state index contributed by atoms with van der Waals surface area (Å²) in [5.41, 5.74) is 0.583. The summed E-state index contributed by atoms with van der Waals surface area (Å²) in [7, 11) is 1.59. The Morgan fingerprint density at radius 3 is 2.57 bits per heavy atom. The Hall–Kier alpha value is -1.69. The second-order valence-electron chi connectivity index (χ2n) is 5.44. The molecule has 0 aromatic heterocycles. The van der Waals surface area contributed by atoms with Gasteiger partial charge in [-0.2, -0.15) is 0 Å². The van der Waals surface area contributed by atoms with Gasteiger partial charge in [0.25, 0.3) is 5.91 Å². The average Bonchev–Trinajstić information content (AvgIpc) is 3.03. The fourth-order valence-electron chi connectivity index (χ4n) is 2.60. The van der Waals surface area contributed by atoms with Crippen molar-refractivity contribution in [3.8, 4) is 5.75 Å². The van der Waals surface area contributed by atoms with E-state index < -0.39 is 6.04 Å². The molecule has 1 N–H and O–H groups in total. The molecular formula is C17H24N2O3S. The summed E-state index contributed by atoms with van der Waals surface area (Å²) >= 11 is 1.67. The lowest BCUT2D eigenvalue weighted by Crippen LogP contribution is -2.49. The van der Waals surface area contributed by atoms with Crippen molar-refractivity contribution in [2.75, 3.05) is 19.4 Å². The van der Waals surface area contributed by atoms with Crippen LogP contribution in [0.2, 0.25) is 0 Å². The van der Waals surface area contributed by atoms with Crippen molar-refractivity contribution in [3.63, 3.8) is 0 Å². The second-order valence-corrected chi connectivity index (χ2v) is 6.65. The number of carbonyl (C=O) groups excluding carboxylic acids is 2. The molecule has 2 unspecified atom stereocenters. The first kappa shape index (κ1) is 17.7. The molecular weight excluding hydrogens is 312 g/mol. The van der Waals surface area contributed by atoms with Crippen molar-refractivity contribution in [3.05, 3.63) is 29.8 Å². The zero-order valence-corrected chi connectivity index (χ0v) is 14.7. The number of hydrogen-bond donors (Lipinski definition) is 1. The predicted molar refractivity (Wildman–Crippen MR) is 92.8 cm³/mol. The van der Waals surface area contributed by atoms with Crippen LogP contribution in [0.1, 0.15) is 37.0 Å². The molecule has 2 atom stereocenters. The van der Waals surface area contributed by atoms with E-state index in [2.05, 4.69) is 5.32 Å². The lowest BCUT2D eigenvalue weighted by Gasteiger charge is -2.28. The van der Waals surface area contributed by atoms with Crippen molar-refractivity contribution < 1.29 is 14.3 Å². The first-order chi connectivity index (χ1) is 11.1. The highest BCUT2D eigenvalue weighted by Gasteiger charge is 2.40. The summed E-state index contributed by atoms with van der Waals surface area (Å²) in [5, 5.41) is 2.95. The van der Waals surface area contributed by atoms with Crippen molar-refractivity contribution in [2.24, 2.45) is 0 Å². The highest BCUT2D eigenvalue weighted by atomic mass is 32.2. The molecule has 2 rings (SSSR count). The Balaban J connectivity index is 2.19. The fraction of sp³-hybridized carbons (Fsp3) is 0.529. The lowest BCUT2D eigenvalue weighted by atomic mass is 10.1. The van der Waals surface area contributed by atoms with Crippen LogP contribution >= 0.6 is 11.8 Å². The molecule has 1 aliphatic heterocycles. The van der Waals surface area contributed by atoms with Crippen molar-refractivity contribution in [1.82, 2.24) is 10.2 Å². The van der Waals surface area contributed by atoms with Crippen LogP contribution < -0.4 is 10.1 Å². The molecule has 1 aromatic carbocycles. The zero-order valence-electron chi connectivity index (χ0n) is 13.9. The second kappa shape index (κ2) is 8.24. The minimum absolute atomic E-state index is 0.0435. The molecule has 5 nitrogen and oxygen atoms in total. The Morgan fingerprint density at radius 1 is 1.30 bits per heavy atom. The Kier molecular flexibility index (Phi) is 6.33. The normalized spacial score (nSPS) is 20.4. The van der Waals surface area contributed by atoms with Gasteiger partial charge in [0.15, 0.2) is 0 Å². The van der Waals surface area contributed by atoms with Gasteiger partial charge in [0.1, 0.15) is 11.8 Å². The summed E-state index contributed by atoms with van der Waals surface area (Å²) in [5.74, 6) is 1.20. The van der Waals surface area contributed by atoms with E-state index in [0.29, 0.717) is 23.6 Å². The van der Waals surface area contributed by atoms with Crippen LogP contribution in [0.4, 0.5) is 0 Å². The number of ether oxygens (including phenoxy) is 1. The highest BCUT2D eigenvalue weighted by Crippen LogP contribution is 2.33. The number of rotatable bonds is 6. The third-order valence-electron chi connectivity index (χ3n) is 3.87. The van der Waals surface area contributed by atoms with Crippen LogP contribution in [0.3, 0.4) is 0 Å². The highest BCUT2D eigenvalue weighted by molar-refractivity contribution is 8.00. The molecule has 0 spiro atoms. The van der Waals surface area contributed by atoms with Gasteiger partial charge in [-0.15, -0.1) is 11.8 Å². The number of nitrogens with zero attached hydrogens (tertiary/aromatic N) is 1. The fourth-order valence-corrected chi connectivity index (χ4v) is 3.96. The van der Waals surface area contributed by atoms with Gasteiger partial charge >= 0.3 is 0 Å². The smallest absolute Gasteiger partial charge is 0.255 e. The Bertz CT molecular complexity index is 547. The maximum Gasteiger partial charge on any atom is 0.255 e. The van der Waals surface area contributed by atoms with E-state index in [9.17, 15) is 9.59 Å². The van der Waals surface area contributed by atoms with Gasteiger partial charge in [0.2, 0.25) is 5.91 Å². The molecule has 6 heteroatoms. The van der Waals surface area contributed by atoms with Crippen LogP contribution in [-0.4, -0.2) is 47.5 Å². The van der Waals surface area contributed by atoms with E-state index in [1.165, 1.54) is 0 Å². The Labute approximate surface area is 141 Å². The van der Waals surface area contributed by atoms with Crippen LogP contribution in [0.15, 0.2) is 24.3 Å². The van der Waals surface area contributed by atoms with E-state index >= 15 is 0 Å². The van der Waals surface area contributed by atoms with E-state index in [-0.39, 0.29) is 17.2 Å². The van der Waals surface area contributed by atoms with Crippen molar-refractivity contribution in [2.45, 2.75) is 38.1 Å². The minimum atomic E-state index is -0.397. The molecule has 0 aliphatic carbocycles. The SMILES string of the molecule is CCCNC(=O)C1CSC(CC)N1C(=O)c1ccc(OC)cc1. The van der Waals surface area contributed by atoms with Gasteiger partial charge in [0.05, 0.1) is 12.5 Å². The number of methoxy groups -OCH3 is 1. The Morgan fingerprint density at radius 2 is 2.00 bits per heavy atom.